The van der Waals surface area contributed by atoms with E-state index in [1.54, 1.807) is 0 Å². The van der Waals surface area contributed by atoms with Crippen LogP contribution in [0.5, 0.6) is 0 Å². The molecule has 2 aliphatic heterocycles. The summed E-state index contributed by atoms with van der Waals surface area (Å²) in [5, 5.41) is 3.36. The lowest BCUT2D eigenvalue weighted by atomic mass is 9.88. The number of hydrogen-bond acceptors (Lipinski definition) is 4. The number of amides is 1. The predicted octanol–water partition coefficient (Wildman–Crippen LogP) is 2.93. The highest BCUT2D eigenvalue weighted by Crippen LogP contribution is 2.32. The number of piperidine rings is 2. The van der Waals surface area contributed by atoms with Crippen LogP contribution in [-0.2, 0) is 9.47 Å². The van der Waals surface area contributed by atoms with Gasteiger partial charge in [0.2, 0.25) is 0 Å². The van der Waals surface area contributed by atoms with Crippen molar-refractivity contribution in [2.75, 3.05) is 19.6 Å². The quantitative estimate of drug-likeness (QED) is 0.852. The molecule has 1 atom stereocenters. The normalized spacial score (nSPS) is 26.8. The molecule has 5 heteroatoms. The van der Waals surface area contributed by atoms with Gasteiger partial charge in [0.05, 0.1) is 12.2 Å². The fourth-order valence-electron chi connectivity index (χ4n) is 3.32. The molecule has 2 fully saturated rings. The lowest BCUT2D eigenvalue weighted by Crippen LogP contribution is -2.56. The molecule has 1 amide bonds. The highest BCUT2D eigenvalue weighted by atomic mass is 16.6. The van der Waals surface area contributed by atoms with Crippen LogP contribution in [0.25, 0.3) is 0 Å². The minimum atomic E-state index is -0.449. The minimum absolute atomic E-state index is 0.210. The first-order valence-corrected chi connectivity index (χ1v) is 8.54. The van der Waals surface area contributed by atoms with Gasteiger partial charge in [0.25, 0.3) is 0 Å². The minimum Gasteiger partial charge on any atom is -0.444 e. The van der Waals surface area contributed by atoms with Crippen molar-refractivity contribution in [2.45, 2.75) is 83.6 Å². The highest BCUT2D eigenvalue weighted by Gasteiger charge is 2.40. The van der Waals surface area contributed by atoms with Gasteiger partial charge < -0.3 is 19.7 Å². The smallest absolute Gasteiger partial charge is 0.410 e. The van der Waals surface area contributed by atoms with Gasteiger partial charge in [0.1, 0.15) is 5.60 Å². The molecular formula is C17H32N2O3. The van der Waals surface area contributed by atoms with Crippen LogP contribution in [0.15, 0.2) is 0 Å². The van der Waals surface area contributed by atoms with E-state index in [-0.39, 0.29) is 17.7 Å². The molecule has 2 saturated heterocycles. The zero-order valence-corrected chi connectivity index (χ0v) is 14.8. The summed E-state index contributed by atoms with van der Waals surface area (Å²) in [5.41, 5.74) is -0.673. The maximum Gasteiger partial charge on any atom is 0.410 e. The maximum absolute atomic E-state index is 12.4. The number of nitrogens with one attached hydrogen (secondary N) is 1. The van der Waals surface area contributed by atoms with Crippen molar-refractivity contribution in [1.29, 1.82) is 0 Å². The zero-order valence-electron chi connectivity index (χ0n) is 14.8. The van der Waals surface area contributed by atoms with E-state index in [9.17, 15) is 4.79 Å². The largest absolute Gasteiger partial charge is 0.444 e. The zero-order chi connectivity index (χ0) is 16.4. The van der Waals surface area contributed by atoms with Crippen LogP contribution >= 0.6 is 0 Å². The van der Waals surface area contributed by atoms with Gasteiger partial charge in [-0.2, -0.15) is 0 Å². The molecule has 0 saturated carbocycles. The summed E-state index contributed by atoms with van der Waals surface area (Å²) >= 11 is 0. The summed E-state index contributed by atoms with van der Waals surface area (Å²) < 4.78 is 11.8. The van der Waals surface area contributed by atoms with Crippen molar-refractivity contribution in [3.05, 3.63) is 0 Å². The van der Waals surface area contributed by atoms with E-state index < -0.39 is 5.60 Å². The van der Waals surface area contributed by atoms with E-state index in [1.807, 2.05) is 25.7 Å². The molecule has 0 spiro atoms. The van der Waals surface area contributed by atoms with Crippen molar-refractivity contribution in [2.24, 2.45) is 0 Å². The maximum atomic E-state index is 12.4. The Morgan fingerprint density at radius 2 is 1.77 bits per heavy atom. The Hall–Kier alpha value is -0.810. The summed E-state index contributed by atoms with van der Waals surface area (Å²) in [6, 6.07) is 0. The Bertz CT molecular complexity index is 384. The second-order valence-electron chi connectivity index (χ2n) is 8.14. The first kappa shape index (κ1) is 17.5. The van der Waals surface area contributed by atoms with E-state index in [4.69, 9.17) is 9.47 Å². The molecule has 0 radical (unpaired) electrons. The summed E-state index contributed by atoms with van der Waals surface area (Å²) in [7, 11) is 0. The number of carbonyl (C=O) groups excluding carboxylic acids is 1. The molecule has 1 unspecified atom stereocenters. The van der Waals surface area contributed by atoms with E-state index in [2.05, 4.69) is 19.2 Å². The van der Waals surface area contributed by atoms with Crippen molar-refractivity contribution < 1.29 is 14.3 Å². The van der Waals surface area contributed by atoms with Crippen LogP contribution < -0.4 is 5.32 Å². The average molecular weight is 312 g/mol. The van der Waals surface area contributed by atoms with Crippen molar-refractivity contribution in [3.8, 4) is 0 Å². The lowest BCUT2D eigenvalue weighted by molar-refractivity contribution is -0.0853. The third kappa shape index (κ3) is 4.85. The fourth-order valence-corrected chi connectivity index (χ4v) is 3.32. The first-order valence-electron chi connectivity index (χ1n) is 8.54. The lowest BCUT2D eigenvalue weighted by Gasteiger charge is -2.46. The van der Waals surface area contributed by atoms with Gasteiger partial charge in [-0.3, -0.25) is 0 Å². The first-order chi connectivity index (χ1) is 10.2. The molecule has 0 aliphatic carbocycles. The average Bonchev–Trinajstić information content (AvgIpc) is 2.36. The molecule has 128 valence electrons. The fraction of sp³-hybridized carbons (Fsp3) is 0.941. The Balaban J connectivity index is 1.89. The molecule has 0 aromatic heterocycles. The molecule has 0 aromatic carbocycles. The number of likely N-dealkylation sites (tertiary alicyclic amines) is 1. The third-order valence-corrected chi connectivity index (χ3v) is 4.42. The van der Waals surface area contributed by atoms with Gasteiger partial charge in [-0.25, -0.2) is 4.79 Å². The molecule has 2 heterocycles. The van der Waals surface area contributed by atoms with Crippen molar-refractivity contribution >= 4 is 6.09 Å². The number of ether oxygens (including phenoxy) is 2. The number of rotatable bonds is 2. The van der Waals surface area contributed by atoms with Gasteiger partial charge in [-0.1, -0.05) is 0 Å². The predicted molar refractivity (Wildman–Crippen MR) is 87.0 cm³/mol. The molecule has 0 bridgehead atoms. The monoisotopic (exact) mass is 312 g/mol. The van der Waals surface area contributed by atoms with Crippen molar-refractivity contribution in [3.63, 3.8) is 0 Å². The molecule has 2 rings (SSSR count). The summed E-state index contributed by atoms with van der Waals surface area (Å²) in [6.45, 7) is 12.7. The summed E-state index contributed by atoms with van der Waals surface area (Å²) in [4.78, 5) is 14.2. The van der Waals surface area contributed by atoms with Crippen LogP contribution in [-0.4, -0.2) is 54.0 Å². The third-order valence-electron chi connectivity index (χ3n) is 4.42. The summed E-state index contributed by atoms with van der Waals surface area (Å²) in [6.07, 6.45) is 4.35. The Morgan fingerprint density at radius 3 is 2.32 bits per heavy atom. The standard InChI is InChI=1S/C17H32N2O3/c1-16(2,3)22-15(20)19-11-8-14(12-17(19,4)5)21-13-6-9-18-10-7-13/h13-14,18H,6-12H2,1-5H3. The molecule has 22 heavy (non-hydrogen) atoms. The molecule has 1 N–H and O–H groups in total. The van der Waals surface area contributed by atoms with Crippen LogP contribution in [0.1, 0.15) is 60.3 Å². The van der Waals surface area contributed by atoms with Gasteiger partial charge in [0, 0.05) is 12.1 Å². The highest BCUT2D eigenvalue weighted by molar-refractivity contribution is 5.69. The number of nitrogens with zero attached hydrogens (tertiary/aromatic N) is 1. The van der Waals surface area contributed by atoms with Gasteiger partial charge >= 0.3 is 6.09 Å². The van der Waals surface area contributed by atoms with Crippen molar-refractivity contribution in [1.82, 2.24) is 10.2 Å². The number of carbonyl (C=O) groups is 1. The Kier molecular flexibility index (Phi) is 5.38. The second kappa shape index (κ2) is 6.75. The Morgan fingerprint density at radius 1 is 1.14 bits per heavy atom. The van der Waals surface area contributed by atoms with E-state index in [0.29, 0.717) is 12.6 Å². The summed E-state index contributed by atoms with van der Waals surface area (Å²) in [5.74, 6) is 0. The number of hydrogen-bond donors (Lipinski definition) is 1. The van der Waals surface area contributed by atoms with Crippen LogP contribution in [0.2, 0.25) is 0 Å². The van der Waals surface area contributed by atoms with Crippen LogP contribution in [0.3, 0.4) is 0 Å². The van der Waals surface area contributed by atoms with E-state index in [1.165, 1.54) is 0 Å². The molecular weight excluding hydrogens is 280 g/mol. The SMILES string of the molecule is CC(C)(C)OC(=O)N1CCC(OC2CCNCC2)CC1(C)C. The topological polar surface area (TPSA) is 50.8 Å². The van der Waals surface area contributed by atoms with Gasteiger partial charge in [-0.05, 0) is 73.4 Å². The Labute approximate surface area is 134 Å². The second-order valence-corrected chi connectivity index (χ2v) is 8.14. The van der Waals surface area contributed by atoms with E-state index >= 15 is 0 Å². The molecule has 5 nitrogen and oxygen atoms in total. The van der Waals surface area contributed by atoms with E-state index in [0.717, 1.165) is 38.8 Å². The molecule has 2 aliphatic rings. The van der Waals surface area contributed by atoms with Gasteiger partial charge in [-0.15, -0.1) is 0 Å². The van der Waals surface area contributed by atoms with Crippen LogP contribution in [0, 0.1) is 0 Å². The van der Waals surface area contributed by atoms with Crippen LogP contribution in [0.4, 0.5) is 4.79 Å². The van der Waals surface area contributed by atoms with Gasteiger partial charge in [0.15, 0.2) is 0 Å². The molecule has 0 aromatic rings.